The van der Waals surface area contributed by atoms with Gasteiger partial charge in [-0.3, -0.25) is 4.90 Å². The number of rotatable bonds is 5. The normalized spacial score (nSPS) is 17.1. The summed E-state index contributed by atoms with van der Waals surface area (Å²) in [4.78, 5) is 16.0. The number of nitrogens with zero attached hydrogens (tertiary/aromatic N) is 4. The van der Waals surface area contributed by atoms with Gasteiger partial charge >= 0.3 is 6.03 Å². The predicted octanol–water partition coefficient (Wildman–Crippen LogP) is 1.68. The molecule has 24 heavy (non-hydrogen) atoms. The molecule has 2 amide bonds. The average Bonchev–Trinajstić information content (AvgIpc) is 3.20. The fourth-order valence-electron chi connectivity index (χ4n) is 3.01. The molecular weight excluding hydrogens is 324 g/mol. The molecule has 3 rings (SSSR count). The molecule has 0 radical (unpaired) electrons. The Morgan fingerprint density at radius 2 is 2.29 bits per heavy atom. The molecule has 0 saturated carbocycles. The summed E-state index contributed by atoms with van der Waals surface area (Å²) in [7, 11) is 1.86. The molecule has 0 fully saturated rings. The second kappa shape index (κ2) is 7.31. The van der Waals surface area contributed by atoms with E-state index < -0.39 is 0 Å². The number of hydrogen-bond acceptors (Lipinski definition) is 5. The molecule has 7 nitrogen and oxygen atoms in total. The van der Waals surface area contributed by atoms with Gasteiger partial charge in [0, 0.05) is 37.6 Å². The minimum Gasteiger partial charge on any atom is -0.337 e. The minimum atomic E-state index is -0.184. The Bertz CT molecular complexity index is 696. The standard InChI is InChI=1S/C16H24N6OS/c1-11(22-6-4-14-13(9-22)5-7-24-14)8-17-16(23)19-12(2)15-20-18-10-21(15)3/h5,7,10-12H,4,6,8-9H2,1-3H3,(H2,17,19,23)/t11-,12-/m0/s1. The molecule has 2 aromatic rings. The van der Waals surface area contributed by atoms with Gasteiger partial charge in [0.05, 0.1) is 6.04 Å². The van der Waals surface area contributed by atoms with Crippen molar-refractivity contribution in [3.63, 3.8) is 0 Å². The molecule has 1 aliphatic rings. The van der Waals surface area contributed by atoms with E-state index in [-0.39, 0.29) is 12.1 Å². The van der Waals surface area contributed by atoms with Gasteiger partial charge in [0.2, 0.25) is 0 Å². The SMILES string of the molecule is C[C@H](NC(=O)NC[C@H](C)N1CCc2sccc2C1)c1nncn1C. The van der Waals surface area contributed by atoms with Crippen molar-refractivity contribution >= 4 is 17.4 Å². The first kappa shape index (κ1) is 16.9. The van der Waals surface area contributed by atoms with Crippen molar-refractivity contribution in [2.45, 2.75) is 38.9 Å². The Balaban J connectivity index is 1.45. The maximum absolute atomic E-state index is 12.1. The van der Waals surface area contributed by atoms with E-state index in [1.807, 2.05) is 25.3 Å². The third-order valence-corrected chi connectivity index (χ3v) is 5.52. The molecule has 0 spiro atoms. The largest absolute Gasteiger partial charge is 0.337 e. The second-order valence-electron chi connectivity index (χ2n) is 6.31. The van der Waals surface area contributed by atoms with E-state index in [2.05, 4.69) is 44.1 Å². The molecule has 1 aliphatic heterocycles. The fraction of sp³-hybridized carbons (Fsp3) is 0.562. The maximum Gasteiger partial charge on any atom is 0.315 e. The van der Waals surface area contributed by atoms with Crippen molar-refractivity contribution in [1.82, 2.24) is 30.3 Å². The molecule has 0 bridgehead atoms. The Kier molecular flexibility index (Phi) is 5.15. The van der Waals surface area contributed by atoms with Gasteiger partial charge < -0.3 is 15.2 Å². The van der Waals surface area contributed by atoms with E-state index in [9.17, 15) is 4.79 Å². The zero-order valence-electron chi connectivity index (χ0n) is 14.3. The van der Waals surface area contributed by atoms with Crippen molar-refractivity contribution in [1.29, 1.82) is 0 Å². The van der Waals surface area contributed by atoms with Gasteiger partial charge in [-0.05, 0) is 37.3 Å². The molecule has 2 aromatic heterocycles. The topological polar surface area (TPSA) is 75.1 Å². The van der Waals surface area contributed by atoms with Crippen LogP contribution >= 0.6 is 11.3 Å². The third-order valence-electron chi connectivity index (χ3n) is 4.50. The molecule has 2 N–H and O–H groups in total. The zero-order valence-corrected chi connectivity index (χ0v) is 15.1. The highest BCUT2D eigenvalue weighted by molar-refractivity contribution is 7.10. The lowest BCUT2D eigenvalue weighted by Gasteiger charge is -2.32. The lowest BCUT2D eigenvalue weighted by Crippen LogP contribution is -2.47. The van der Waals surface area contributed by atoms with Gasteiger partial charge in [-0.2, -0.15) is 0 Å². The van der Waals surface area contributed by atoms with Crippen LogP contribution in [0.3, 0.4) is 0 Å². The Labute approximate surface area is 146 Å². The van der Waals surface area contributed by atoms with Gasteiger partial charge in [-0.15, -0.1) is 21.5 Å². The van der Waals surface area contributed by atoms with Crippen LogP contribution in [-0.4, -0.2) is 44.8 Å². The van der Waals surface area contributed by atoms with E-state index in [4.69, 9.17) is 0 Å². The average molecular weight is 348 g/mol. The number of carbonyl (C=O) groups excluding carboxylic acids is 1. The molecule has 0 aromatic carbocycles. The summed E-state index contributed by atoms with van der Waals surface area (Å²) in [6.45, 7) is 6.70. The number of hydrogen-bond donors (Lipinski definition) is 2. The van der Waals surface area contributed by atoms with Crippen LogP contribution in [0.4, 0.5) is 4.79 Å². The Hall–Kier alpha value is -1.93. The lowest BCUT2D eigenvalue weighted by atomic mass is 10.1. The number of urea groups is 1. The summed E-state index contributed by atoms with van der Waals surface area (Å²) in [5.41, 5.74) is 1.43. The van der Waals surface area contributed by atoms with Crippen LogP contribution in [-0.2, 0) is 20.0 Å². The number of aromatic nitrogens is 3. The molecule has 2 atom stereocenters. The minimum absolute atomic E-state index is 0.175. The summed E-state index contributed by atoms with van der Waals surface area (Å²) in [5, 5.41) is 15.9. The van der Waals surface area contributed by atoms with Gasteiger partial charge in [0.1, 0.15) is 6.33 Å². The van der Waals surface area contributed by atoms with Gasteiger partial charge in [0.15, 0.2) is 5.82 Å². The van der Waals surface area contributed by atoms with Crippen molar-refractivity contribution in [2.75, 3.05) is 13.1 Å². The predicted molar refractivity (Wildman–Crippen MR) is 93.8 cm³/mol. The summed E-state index contributed by atoms with van der Waals surface area (Å²) in [6.07, 6.45) is 2.73. The third kappa shape index (κ3) is 3.76. The summed E-state index contributed by atoms with van der Waals surface area (Å²) < 4.78 is 1.81. The van der Waals surface area contributed by atoms with E-state index in [0.717, 1.165) is 25.3 Å². The number of aryl methyl sites for hydroxylation is 1. The van der Waals surface area contributed by atoms with E-state index >= 15 is 0 Å². The van der Waals surface area contributed by atoms with E-state index in [1.54, 1.807) is 10.9 Å². The number of carbonyl (C=O) groups is 1. The van der Waals surface area contributed by atoms with Crippen LogP contribution in [0.2, 0.25) is 0 Å². The van der Waals surface area contributed by atoms with E-state index in [1.165, 1.54) is 10.4 Å². The van der Waals surface area contributed by atoms with Crippen molar-refractivity contribution < 1.29 is 4.79 Å². The summed E-state index contributed by atoms with van der Waals surface area (Å²) >= 11 is 1.84. The molecule has 8 heteroatoms. The Morgan fingerprint density at radius 3 is 3.04 bits per heavy atom. The first-order valence-electron chi connectivity index (χ1n) is 8.22. The first-order chi connectivity index (χ1) is 11.5. The number of thiophene rings is 1. The Morgan fingerprint density at radius 1 is 1.46 bits per heavy atom. The first-order valence-corrected chi connectivity index (χ1v) is 9.10. The molecule has 3 heterocycles. The highest BCUT2D eigenvalue weighted by Crippen LogP contribution is 2.24. The van der Waals surface area contributed by atoms with Crippen molar-refractivity contribution in [3.05, 3.63) is 34.0 Å². The van der Waals surface area contributed by atoms with Crippen LogP contribution in [0.15, 0.2) is 17.8 Å². The zero-order chi connectivity index (χ0) is 17.1. The highest BCUT2D eigenvalue weighted by Gasteiger charge is 2.22. The highest BCUT2D eigenvalue weighted by atomic mass is 32.1. The number of fused-ring (bicyclic) bond motifs is 1. The van der Waals surface area contributed by atoms with Gasteiger partial charge in [-0.25, -0.2) is 4.79 Å². The molecule has 0 saturated heterocycles. The van der Waals surface area contributed by atoms with Gasteiger partial charge in [-0.1, -0.05) is 0 Å². The van der Waals surface area contributed by atoms with Crippen LogP contribution in [0.1, 0.15) is 36.2 Å². The van der Waals surface area contributed by atoms with Crippen molar-refractivity contribution in [2.24, 2.45) is 7.05 Å². The van der Waals surface area contributed by atoms with Crippen LogP contribution < -0.4 is 10.6 Å². The van der Waals surface area contributed by atoms with E-state index in [0.29, 0.717) is 12.6 Å². The quantitative estimate of drug-likeness (QED) is 0.862. The summed E-state index contributed by atoms with van der Waals surface area (Å²) in [5.74, 6) is 0.735. The van der Waals surface area contributed by atoms with Crippen LogP contribution in [0.5, 0.6) is 0 Å². The molecular formula is C16H24N6OS. The molecule has 0 aliphatic carbocycles. The monoisotopic (exact) mass is 348 g/mol. The van der Waals surface area contributed by atoms with Crippen LogP contribution in [0.25, 0.3) is 0 Å². The molecule has 0 unspecified atom stereocenters. The molecule has 130 valence electrons. The fourth-order valence-corrected chi connectivity index (χ4v) is 3.90. The lowest BCUT2D eigenvalue weighted by molar-refractivity contribution is 0.185. The smallest absolute Gasteiger partial charge is 0.315 e. The number of amides is 2. The summed E-state index contributed by atoms with van der Waals surface area (Å²) in [6, 6.07) is 2.15. The van der Waals surface area contributed by atoms with Gasteiger partial charge in [0.25, 0.3) is 0 Å². The van der Waals surface area contributed by atoms with Crippen LogP contribution in [0, 0.1) is 0 Å². The number of nitrogens with one attached hydrogen (secondary N) is 2. The second-order valence-corrected chi connectivity index (χ2v) is 7.32. The van der Waals surface area contributed by atoms with Crippen molar-refractivity contribution in [3.8, 4) is 0 Å². The maximum atomic E-state index is 12.1.